The van der Waals surface area contributed by atoms with E-state index in [4.69, 9.17) is 17.2 Å². The molecule has 20 nitrogen and oxygen atoms in total. The average molecular weight is 860 g/mol. The maximum absolute atomic E-state index is 14.3. The average Bonchev–Trinajstić information content (AvgIpc) is 3.64. The number of primary amides is 1. The number of unbranched alkanes of at least 4 members (excludes halogenated alkanes) is 1. The number of fused-ring (bicyclic) bond motifs is 1. The predicted molar refractivity (Wildman–Crippen MR) is 228 cm³/mol. The number of aromatic amines is 1. The molecule has 334 valence electrons. The summed E-state index contributed by atoms with van der Waals surface area (Å²) in [5, 5.41) is 26.1. The summed E-state index contributed by atoms with van der Waals surface area (Å²) >= 11 is 0. The summed E-state index contributed by atoms with van der Waals surface area (Å²) < 4.78 is 0. The largest absolute Gasteiger partial charge is 0.481 e. The van der Waals surface area contributed by atoms with Gasteiger partial charge >= 0.3 is 5.97 Å². The highest BCUT2D eigenvalue weighted by Gasteiger charge is 2.34. The van der Waals surface area contributed by atoms with Gasteiger partial charge in [0.25, 0.3) is 0 Å². The van der Waals surface area contributed by atoms with Gasteiger partial charge in [-0.3, -0.25) is 43.3 Å². The number of carboxylic acids is 1. The van der Waals surface area contributed by atoms with Gasteiger partial charge in [-0.15, -0.1) is 0 Å². The third-order valence-electron chi connectivity index (χ3n) is 10.3. The fourth-order valence-corrected chi connectivity index (χ4v) is 6.96. The molecule has 1 aliphatic heterocycles. The molecule has 0 spiro atoms. The van der Waals surface area contributed by atoms with Crippen molar-refractivity contribution in [2.24, 2.45) is 22.2 Å². The molecule has 14 N–H and O–H groups in total. The molecule has 7 amide bonds. The molecule has 0 bridgehead atoms. The number of aromatic nitrogens is 1. The molecule has 1 fully saturated rings. The Morgan fingerprint density at radius 2 is 1.23 bits per heavy atom. The zero-order valence-corrected chi connectivity index (χ0v) is 34.6. The highest BCUT2D eigenvalue weighted by Crippen LogP contribution is 2.20. The van der Waals surface area contributed by atoms with Crippen molar-refractivity contribution in [3.8, 4) is 0 Å². The number of benzene rings is 2. The van der Waals surface area contributed by atoms with E-state index in [0.29, 0.717) is 24.0 Å². The van der Waals surface area contributed by atoms with Crippen LogP contribution in [0.25, 0.3) is 10.9 Å². The van der Waals surface area contributed by atoms with Crippen LogP contribution in [-0.4, -0.2) is 106 Å². The molecule has 2 aromatic carbocycles. The molecule has 3 aromatic rings. The van der Waals surface area contributed by atoms with E-state index in [9.17, 15) is 43.5 Å². The molecule has 0 radical (unpaired) electrons. The summed E-state index contributed by atoms with van der Waals surface area (Å²) in [5.74, 6) is -7.19. The number of hydrogen-bond acceptors (Lipinski definition) is 9. The molecule has 4 rings (SSSR count). The first-order valence-corrected chi connectivity index (χ1v) is 20.6. The fourth-order valence-electron chi connectivity index (χ4n) is 6.96. The number of nitrogens with two attached hydrogens (primary N) is 3. The summed E-state index contributed by atoms with van der Waals surface area (Å²) in [6.45, 7) is 1.94. The van der Waals surface area contributed by atoms with Crippen LogP contribution < -0.4 is 49.1 Å². The lowest BCUT2D eigenvalue weighted by Gasteiger charge is -2.28. The van der Waals surface area contributed by atoms with Crippen LogP contribution in [0.1, 0.15) is 75.8 Å². The highest BCUT2D eigenvalue weighted by atomic mass is 16.4. The van der Waals surface area contributed by atoms with Crippen LogP contribution >= 0.6 is 0 Å². The van der Waals surface area contributed by atoms with Crippen LogP contribution in [0, 0.1) is 0 Å². The number of hydrogen-bond donors (Lipinski definition) is 11. The first kappa shape index (κ1) is 47.7. The molecular formula is C42H57N11O9. The van der Waals surface area contributed by atoms with E-state index < -0.39 is 90.0 Å². The first-order valence-electron chi connectivity index (χ1n) is 20.6. The van der Waals surface area contributed by atoms with E-state index >= 15 is 0 Å². The third kappa shape index (κ3) is 14.9. The standard InChI is InChI=1S/C42H57N11O9/c1-2-3-13-29-37(58)51-31(17-19-35(55)56)39(60)52-32(21-24-10-5-4-6-11-24)40(61)50-30(15-9-20-46-42(44)45)38(59)53-33(22-25-23-47-27-14-8-7-12-26(25)27)41(62)49-28(36(43)57)16-18-34(54)48-29/h4-8,10-12,14,23,28-33,47H,2-3,9,13,15-22H2,1H3,(H2,43,57)(H,48,54)(H,49,62)(H,50,61)(H,51,58)(H,52,60)(H,53,59)(H,55,56)(H4,44,45,46). The highest BCUT2D eigenvalue weighted by molar-refractivity contribution is 5.98. The number of aliphatic carboxylic acids is 1. The number of rotatable bonds is 15. The summed E-state index contributed by atoms with van der Waals surface area (Å²) in [5.41, 5.74) is 18.7. The van der Waals surface area contributed by atoms with Crippen LogP contribution in [0.15, 0.2) is 65.8 Å². The number of nitrogens with one attached hydrogen (secondary N) is 7. The van der Waals surface area contributed by atoms with Gasteiger partial charge in [-0.25, -0.2) is 0 Å². The molecule has 62 heavy (non-hydrogen) atoms. The van der Waals surface area contributed by atoms with Gasteiger partial charge in [0.1, 0.15) is 36.3 Å². The minimum absolute atomic E-state index is 0.0444. The zero-order chi connectivity index (χ0) is 45.2. The van der Waals surface area contributed by atoms with E-state index in [2.05, 4.69) is 41.9 Å². The van der Waals surface area contributed by atoms with Gasteiger partial charge in [0, 0.05) is 49.3 Å². The van der Waals surface area contributed by atoms with Crippen LogP contribution in [0.4, 0.5) is 0 Å². The number of carbonyl (C=O) groups excluding carboxylic acids is 7. The van der Waals surface area contributed by atoms with E-state index in [0.717, 1.165) is 10.9 Å². The lowest BCUT2D eigenvalue weighted by molar-refractivity contribution is -0.138. The molecule has 0 aliphatic carbocycles. The second-order valence-corrected chi connectivity index (χ2v) is 15.1. The Kier molecular flexibility index (Phi) is 18.2. The van der Waals surface area contributed by atoms with Crippen LogP contribution in [0.5, 0.6) is 0 Å². The van der Waals surface area contributed by atoms with Crippen molar-refractivity contribution < 1.29 is 43.5 Å². The Bertz CT molecular complexity index is 2090. The van der Waals surface area contributed by atoms with Crippen molar-refractivity contribution in [3.63, 3.8) is 0 Å². The van der Waals surface area contributed by atoms with E-state index in [1.54, 1.807) is 42.6 Å². The minimum Gasteiger partial charge on any atom is -0.481 e. The lowest BCUT2D eigenvalue weighted by atomic mass is 10.0. The smallest absolute Gasteiger partial charge is 0.303 e. The monoisotopic (exact) mass is 859 g/mol. The Labute approximate surface area is 358 Å². The molecule has 6 atom stereocenters. The quantitative estimate of drug-likeness (QED) is 0.0513. The number of carbonyl (C=O) groups is 8. The van der Waals surface area contributed by atoms with Crippen molar-refractivity contribution >= 4 is 64.2 Å². The molecule has 1 aliphatic rings. The molecule has 1 aromatic heterocycles. The van der Waals surface area contributed by atoms with Gasteiger partial charge in [0.15, 0.2) is 5.96 Å². The van der Waals surface area contributed by atoms with Gasteiger partial charge in [-0.1, -0.05) is 68.3 Å². The topological polar surface area (TPSA) is 335 Å². The number of amides is 7. The second kappa shape index (κ2) is 23.7. The number of H-pyrrole nitrogens is 1. The summed E-state index contributed by atoms with van der Waals surface area (Å²) in [7, 11) is 0. The molecule has 20 heteroatoms. The molecule has 1 saturated heterocycles. The predicted octanol–water partition coefficient (Wildman–Crippen LogP) is -0.750. The van der Waals surface area contributed by atoms with Crippen molar-refractivity contribution in [2.45, 2.75) is 114 Å². The lowest BCUT2D eigenvalue weighted by Crippen LogP contribution is -2.60. The summed E-state index contributed by atoms with van der Waals surface area (Å²) in [4.78, 5) is 115. The maximum atomic E-state index is 14.3. The fraction of sp³-hybridized carbons (Fsp3) is 0.452. The molecule has 0 saturated carbocycles. The molecule has 2 heterocycles. The van der Waals surface area contributed by atoms with Crippen LogP contribution in [0.2, 0.25) is 0 Å². The molecular weight excluding hydrogens is 803 g/mol. The summed E-state index contributed by atoms with van der Waals surface area (Å²) in [6.07, 6.45) is 1.38. The van der Waals surface area contributed by atoms with Gasteiger partial charge < -0.3 is 59.2 Å². The first-order chi connectivity index (χ1) is 29.6. The Morgan fingerprint density at radius 1 is 0.677 bits per heavy atom. The number of para-hydroxylation sites is 1. The number of aliphatic imine (C=N–C) groups is 1. The zero-order valence-electron chi connectivity index (χ0n) is 34.6. The van der Waals surface area contributed by atoms with Gasteiger partial charge in [0.05, 0.1) is 0 Å². The van der Waals surface area contributed by atoms with Crippen LogP contribution in [-0.2, 0) is 51.2 Å². The Balaban J connectivity index is 1.79. The van der Waals surface area contributed by atoms with Crippen molar-refractivity contribution in [1.82, 2.24) is 36.9 Å². The van der Waals surface area contributed by atoms with E-state index in [-0.39, 0.29) is 63.9 Å². The van der Waals surface area contributed by atoms with Gasteiger partial charge in [-0.05, 0) is 49.3 Å². The van der Waals surface area contributed by atoms with Crippen molar-refractivity contribution in [3.05, 3.63) is 71.9 Å². The van der Waals surface area contributed by atoms with Crippen molar-refractivity contribution in [2.75, 3.05) is 6.54 Å². The van der Waals surface area contributed by atoms with Gasteiger partial charge in [-0.2, -0.15) is 0 Å². The van der Waals surface area contributed by atoms with Crippen LogP contribution in [0.3, 0.4) is 0 Å². The van der Waals surface area contributed by atoms with Crippen molar-refractivity contribution in [1.29, 1.82) is 0 Å². The maximum Gasteiger partial charge on any atom is 0.303 e. The second-order valence-electron chi connectivity index (χ2n) is 15.1. The minimum atomic E-state index is -1.46. The Hall–Kier alpha value is -6.99. The number of nitrogens with zero attached hydrogens (tertiary/aromatic N) is 1. The van der Waals surface area contributed by atoms with E-state index in [1.165, 1.54) is 0 Å². The normalized spacial score (nSPS) is 22.2. The molecule has 6 unspecified atom stereocenters. The SMILES string of the molecule is CCCCC1NC(=O)CCC(C(N)=O)NC(=O)C(Cc2c[nH]c3ccccc23)NC(=O)C(CCCN=C(N)N)NC(=O)C(Cc2ccccc2)NC(=O)C(CCC(=O)O)NC1=O. The Morgan fingerprint density at radius 3 is 1.85 bits per heavy atom. The number of carboxylic acid groups (broad SMARTS) is 1. The third-order valence-corrected chi connectivity index (χ3v) is 10.3. The number of guanidine groups is 1. The summed E-state index contributed by atoms with van der Waals surface area (Å²) in [6, 6.07) is 7.84. The van der Waals surface area contributed by atoms with E-state index in [1.807, 2.05) is 25.1 Å². The van der Waals surface area contributed by atoms with Gasteiger partial charge in [0.2, 0.25) is 41.4 Å².